The molecule has 4 aromatic rings. The minimum absolute atomic E-state index is 0.0200. The van der Waals surface area contributed by atoms with Gasteiger partial charge in [-0.1, -0.05) is 139 Å². The van der Waals surface area contributed by atoms with Crippen molar-refractivity contribution in [2.75, 3.05) is 0 Å². The molecule has 0 atom stereocenters. The van der Waals surface area contributed by atoms with Gasteiger partial charge >= 0.3 is 0 Å². The molecule has 0 fully saturated rings. The van der Waals surface area contributed by atoms with Gasteiger partial charge in [0.2, 0.25) is 0 Å². The van der Waals surface area contributed by atoms with Crippen LogP contribution in [-0.4, -0.2) is 0 Å². The summed E-state index contributed by atoms with van der Waals surface area (Å²) in [4.78, 5) is 0. The number of fused-ring (bicyclic) bond motifs is 3. The first-order valence-corrected chi connectivity index (χ1v) is 12.9. The number of hydrogen-bond acceptors (Lipinski definition) is 0. The minimum atomic E-state index is 0.0200. The lowest BCUT2D eigenvalue weighted by Gasteiger charge is -2.22. The average Bonchev–Trinajstić information content (AvgIpc) is 3.09. The minimum Gasteiger partial charge on any atom is -0.0587 e. The van der Waals surface area contributed by atoms with Crippen molar-refractivity contribution < 1.29 is 0 Å². The van der Waals surface area contributed by atoms with Crippen molar-refractivity contribution in [3.8, 4) is 22.3 Å². The third kappa shape index (κ3) is 4.39. The molecule has 0 aromatic heterocycles. The summed E-state index contributed by atoms with van der Waals surface area (Å²) in [5.74, 6) is 1.11. The van der Waals surface area contributed by atoms with Crippen molar-refractivity contribution in [3.63, 3.8) is 0 Å². The molecule has 1 aliphatic rings. The Kier molecular flexibility index (Phi) is 6.01. The Labute approximate surface area is 211 Å². The van der Waals surface area contributed by atoms with Gasteiger partial charge in [0, 0.05) is 5.41 Å². The smallest absolute Gasteiger partial charge is 0.0159 e. The molecule has 0 unspecified atom stereocenters. The molecule has 0 heterocycles. The molecule has 0 N–H and O–H groups in total. The maximum absolute atomic E-state index is 2.42. The van der Waals surface area contributed by atoms with Crippen LogP contribution in [0.3, 0.4) is 0 Å². The lowest BCUT2D eigenvalue weighted by Crippen LogP contribution is -2.15. The van der Waals surface area contributed by atoms with E-state index in [1.54, 1.807) is 0 Å². The van der Waals surface area contributed by atoms with Gasteiger partial charge in [-0.15, -0.1) is 0 Å². The van der Waals surface area contributed by atoms with Crippen molar-refractivity contribution in [2.24, 2.45) is 0 Å². The highest BCUT2D eigenvalue weighted by atomic mass is 14.4. The van der Waals surface area contributed by atoms with E-state index in [4.69, 9.17) is 0 Å². The second kappa shape index (κ2) is 9.00. The molecular weight excluding hydrogens is 420 g/mol. The summed E-state index contributed by atoms with van der Waals surface area (Å²) in [5, 5.41) is 0. The molecule has 0 amide bonds. The largest absolute Gasteiger partial charge is 0.0587 e. The molecule has 0 saturated carbocycles. The predicted molar refractivity (Wildman–Crippen MR) is 153 cm³/mol. The molecule has 176 valence electrons. The molecular formula is C35H36. The Morgan fingerprint density at radius 3 is 1.57 bits per heavy atom. The van der Waals surface area contributed by atoms with Crippen LogP contribution in [0.15, 0.2) is 84.9 Å². The summed E-state index contributed by atoms with van der Waals surface area (Å²) in [6, 6.07) is 31.8. The Bertz CT molecular complexity index is 1380. The van der Waals surface area contributed by atoms with Gasteiger partial charge in [0.05, 0.1) is 0 Å². The van der Waals surface area contributed by atoms with Crippen molar-refractivity contribution in [1.82, 2.24) is 0 Å². The normalized spacial score (nSPS) is 14.1. The quantitative estimate of drug-likeness (QED) is 0.262. The van der Waals surface area contributed by atoms with E-state index in [1.807, 2.05) is 0 Å². The van der Waals surface area contributed by atoms with Gasteiger partial charge in [0.1, 0.15) is 0 Å². The van der Waals surface area contributed by atoms with Gasteiger partial charge in [-0.2, -0.15) is 0 Å². The van der Waals surface area contributed by atoms with Crippen LogP contribution < -0.4 is 0 Å². The van der Waals surface area contributed by atoms with E-state index >= 15 is 0 Å². The Morgan fingerprint density at radius 2 is 0.971 bits per heavy atom. The first-order chi connectivity index (χ1) is 16.7. The monoisotopic (exact) mass is 456 g/mol. The predicted octanol–water partition coefficient (Wildman–Crippen LogP) is 10.1. The number of rotatable bonds is 5. The summed E-state index contributed by atoms with van der Waals surface area (Å²) in [6.07, 6.45) is 4.46. The topological polar surface area (TPSA) is 0 Å². The zero-order chi connectivity index (χ0) is 24.7. The van der Waals surface area contributed by atoms with E-state index in [2.05, 4.69) is 139 Å². The van der Waals surface area contributed by atoms with Crippen LogP contribution in [0.5, 0.6) is 0 Å². The number of benzene rings is 4. The van der Waals surface area contributed by atoms with Gasteiger partial charge < -0.3 is 0 Å². The van der Waals surface area contributed by atoms with Crippen LogP contribution in [0.2, 0.25) is 0 Å². The average molecular weight is 457 g/mol. The Hall–Kier alpha value is -3.38. The molecule has 0 aliphatic heterocycles. The third-order valence-electron chi connectivity index (χ3n) is 7.68. The number of hydrogen-bond donors (Lipinski definition) is 0. The van der Waals surface area contributed by atoms with E-state index in [0.29, 0.717) is 11.8 Å². The molecule has 4 aromatic carbocycles. The molecule has 0 spiro atoms. The molecule has 0 radical (unpaired) electrons. The summed E-state index contributed by atoms with van der Waals surface area (Å²) in [7, 11) is 0. The third-order valence-corrected chi connectivity index (χ3v) is 7.68. The maximum atomic E-state index is 2.42. The van der Waals surface area contributed by atoms with Crippen LogP contribution in [0.25, 0.3) is 34.4 Å². The van der Waals surface area contributed by atoms with E-state index in [1.165, 1.54) is 55.6 Å². The van der Waals surface area contributed by atoms with E-state index in [0.717, 1.165) is 0 Å². The molecule has 1 aliphatic carbocycles. The highest BCUT2D eigenvalue weighted by Crippen LogP contribution is 2.49. The standard InChI is InChI=1S/C35H36/c1-23(2)27-14-16-29(17-15-27)28-12-9-25(10-13-28)7-8-26-11-19-31-32-20-18-30(24(3)4)22-34(32)35(5,6)33(31)21-26/h7-24H,1-6H3. The van der Waals surface area contributed by atoms with Gasteiger partial charge in [0.25, 0.3) is 0 Å². The van der Waals surface area contributed by atoms with Crippen molar-refractivity contribution in [2.45, 2.75) is 58.8 Å². The van der Waals surface area contributed by atoms with E-state index in [-0.39, 0.29) is 5.41 Å². The van der Waals surface area contributed by atoms with Crippen molar-refractivity contribution >= 4 is 12.2 Å². The highest BCUT2D eigenvalue weighted by molar-refractivity contribution is 5.83. The van der Waals surface area contributed by atoms with Crippen LogP contribution in [0, 0.1) is 0 Å². The fraction of sp³-hybridized carbons (Fsp3) is 0.257. The summed E-state index contributed by atoms with van der Waals surface area (Å²) >= 11 is 0. The fourth-order valence-electron chi connectivity index (χ4n) is 5.28. The summed E-state index contributed by atoms with van der Waals surface area (Å²) in [5.41, 5.74) is 13.5. The fourth-order valence-corrected chi connectivity index (χ4v) is 5.28. The van der Waals surface area contributed by atoms with Gasteiger partial charge in [0.15, 0.2) is 0 Å². The SMILES string of the molecule is CC(C)c1ccc(-c2ccc(C=Cc3ccc4c(c3)C(C)(C)c3cc(C(C)C)ccc3-4)cc2)cc1. The van der Waals surface area contributed by atoms with Gasteiger partial charge in [-0.3, -0.25) is 0 Å². The van der Waals surface area contributed by atoms with E-state index in [9.17, 15) is 0 Å². The lowest BCUT2D eigenvalue weighted by atomic mass is 9.81. The Balaban J connectivity index is 1.37. The summed E-state index contributed by atoms with van der Waals surface area (Å²) in [6.45, 7) is 13.7. The van der Waals surface area contributed by atoms with Crippen molar-refractivity contribution in [3.05, 3.63) is 118 Å². The van der Waals surface area contributed by atoms with Gasteiger partial charge in [-0.25, -0.2) is 0 Å². The Morgan fingerprint density at radius 1 is 0.514 bits per heavy atom. The second-order valence-electron chi connectivity index (χ2n) is 11.1. The summed E-state index contributed by atoms with van der Waals surface area (Å²) < 4.78 is 0. The van der Waals surface area contributed by atoms with Crippen LogP contribution >= 0.6 is 0 Å². The van der Waals surface area contributed by atoms with E-state index < -0.39 is 0 Å². The highest BCUT2D eigenvalue weighted by Gasteiger charge is 2.35. The van der Waals surface area contributed by atoms with Crippen LogP contribution in [-0.2, 0) is 5.41 Å². The molecule has 0 bridgehead atoms. The van der Waals surface area contributed by atoms with Crippen LogP contribution in [0.4, 0.5) is 0 Å². The van der Waals surface area contributed by atoms with Crippen LogP contribution in [0.1, 0.15) is 86.8 Å². The maximum Gasteiger partial charge on any atom is 0.0159 e. The molecule has 0 nitrogen and oxygen atoms in total. The molecule has 35 heavy (non-hydrogen) atoms. The first kappa shape index (κ1) is 23.4. The second-order valence-corrected chi connectivity index (χ2v) is 11.1. The zero-order valence-corrected chi connectivity index (χ0v) is 21.9. The molecule has 0 saturated heterocycles. The zero-order valence-electron chi connectivity index (χ0n) is 21.9. The first-order valence-electron chi connectivity index (χ1n) is 12.9. The lowest BCUT2D eigenvalue weighted by molar-refractivity contribution is 0.658. The molecule has 0 heteroatoms. The van der Waals surface area contributed by atoms with Crippen molar-refractivity contribution in [1.29, 1.82) is 0 Å². The molecule has 5 rings (SSSR count). The van der Waals surface area contributed by atoms with Gasteiger partial charge in [-0.05, 0) is 67.5 Å².